The van der Waals surface area contributed by atoms with E-state index in [1.54, 1.807) is 30.0 Å². The summed E-state index contributed by atoms with van der Waals surface area (Å²) < 4.78 is 26.9. The second-order valence-electron chi connectivity index (χ2n) is 4.32. The third kappa shape index (κ3) is 5.04. The highest BCUT2D eigenvalue weighted by atomic mass is 32.2. The lowest BCUT2D eigenvalue weighted by atomic mass is 10.3. The highest BCUT2D eigenvalue weighted by Crippen LogP contribution is 2.21. The van der Waals surface area contributed by atoms with Crippen LogP contribution < -0.4 is 10.0 Å². The van der Waals surface area contributed by atoms with Crippen molar-refractivity contribution in [3.63, 3.8) is 0 Å². The zero-order chi connectivity index (χ0) is 14.3. The molecule has 2 N–H and O–H groups in total. The van der Waals surface area contributed by atoms with Gasteiger partial charge in [-0.05, 0) is 24.8 Å². The van der Waals surface area contributed by atoms with Gasteiger partial charge in [0.15, 0.2) is 0 Å². The van der Waals surface area contributed by atoms with Crippen LogP contribution in [0, 0.1) is 0 Å². The van der Waals surface area contributed by atoms with Crippen LogP contribution in [0.25, 0.3) is 0 Å². The van der Waals surface area contributed by atoms with Gasteiger partial charge in [0.1, 0.15) is 4.90 Å². The smallest absolute Gasteiger partial charge is 0.242 e. The van der Waals surface area contributed by atoms with Crippen LogP contribution in [-0.4, -0.2) is 33.0 Å². The van der Waals surface area contributed by atoms with Gasteiger partial charge in [-0.25, -0.2) is 13.1 Å². The van der Waals surface area contributed by atoms with Crippen molar-refractivity contribution >= 4 is 27.5 Å². The van der Waals surface area contributed by atoms with Crippen molar-refractivity contribution in [1.82, 2.24) is 4.72 Å². The molecule has 0 heterocycles. The predicted molar refractivity (Wildman–Crippen MR) is 83.4 cm³/mol. The van der Waals surface area contributed by atoms with Crippen LogP contribution in [0.2, 0.25) is 0 Å². The standard InChI is InChI=1S/C13H22N2O2S2/c1-4-9-15-19(16,17)13-8-6-5-7-12(13)14-10-11(2)18-3/h5-8,11,14-15H,4,9-10H2,1-3H3. The summed E-state index contributed by atoms with van der Waals surface area (Å²) in [6.07, 6.45) is 2.82. The number of sulfonamides is 1. The quantitative estimate of drug-likeness (QED) is 0.775. The largest absolute Gasteiger partial charge is 0.383 e. The van der Waals surface area contributed by atoms with E-state index in [-0.39, 0.29) is 0 Å². The molecule has 1 rings (SSSR count). The number of benzene rings is 1. The lowest BCUT2D eigenvalue weighted by molar-refractivity contribution is 0.581. The summed E-state index contributed by atoms with van der Waals surface area (Å²) in [4.78, 5) is 0.316. The average Bonchev–Trinajstić information content (AvgIpc) is 2.42. The Balaban J connectivity index is 2.89. The number of hydrogen-bond acceptors (Lipinski definition) is 4. The van der Waals surface area contributed by atoms with Crippen LogP contribution in [0.15, 0.2) is 29.2 Å². The Morgan fingerprint density at radius 2 is 2.00 bits per heavy atom. The summed E-state index contributed by atoms with van der Waals surface area (Å²) in [7, 11) is -3.43. The Morgan fingerprint density at radius 1 is 1.32 bits per heavy atom. The van der Waals surface area contributed by atoms with Gasteiger partial charge >= 0.3 is 0 Å². The Hall–Kier alpha value is -0.720. The van der Waals surface area contributed by atoms with Gasteiger partial charge in [0.25, 0.3) is 0 Å². The number of thioether (sulfide) groups is 1. The van der Waals surface area contributed by atoms with E-state index in [9.17, 15) is 8.42 Å². The second kappa shape index (κ2) is 7.77. The minimum Gasteiger partial charge on any atom is -0.383 e. The number of rotatable bonds is 8. The molecule has 1 aromatic carbocycles. The molecule has 0 saturated carbocycles. The number of anilines is 1. The van der Waals surface area contributed by atoms with Crippen LogP contribution in [0.1, 0.15) is 20.3 Å². The highest BCUT2D eigenvalue weighted by molar-refractivity contribution is 7.99. The van der Waals surface area contributed by atoms with Gasteiger partial charge in [-0.1, -0.05) is 26.0 Å². The summed E-state index contributed by atoms with van der Waals surface area (Å²) in [6.45, 7) is 5.23. The number of para-hydroxylation sites is 1. The summed E-state index contributed by atoms with van der Waals surface area (Å²) >= 11 is 1.74. The topological polar surface area (TPSA) is 58.2 Å². The molecular weight excluding hydrogens is 280 g/mol. The van der Waals surface area contributed by atoms with Crippen molar-refractivity contribution in [2.45, 2.75) is 30.4 Å². The average molecular weight is 302 g/mol. The number of nitrogens with one attached hydrogen (secondary N) is 2. The summed E-state index contributed by atoms with van der Waals surface area (Å²) in [5.41, 5.74) is 0.659. The molecule has 0 aromatic heterocycles. The Labute approximate surface area is 120 Å². The fraction of sp³-hybridized carbons (Fsp3) is 0.538. The molecule has 0 fully saturated rings. The molecule has 0 amide bonds. The normalized spacial score (nSPS) is 13.2. The summed E-state index contributed by atoms with van der Waals surface area (Å²) in [5.74, 6) is 0. The Bertz CT molecular complexity index is 489. The van der Waals surface area contributed by atoms with Crippen molar-refractivity contribution in [3.8, 4) is 0 Å². The first kappa shape index (κ1) is 16.3. The van der Waals surface area contributed by atoms with Crippen molar-refractivity contribution in [2.75, 3.05) is 24.7 Å². The van der Waals surface area contributed by atoms with Gasteiger partial charge in [-0.3, -0.25) is 0 Å². The molecule has 108 valence electrons. The molecule has 0 spiro atoms. The molecule has 0 radical (unpaired) electrons. The highest BCUT2D eigenvalue weighted by Gasteiger charge is 2.17. The zero-order valence-electron chi connectivity index (χ0n) is 11.6. The van der Waals surface area contributed by atoms with Gasteiger partial charge in [-0.15, -0.1) is 0 Å². The molecule has 1 unspecified atom stereocenters. The molecule has 1 aromatic rings. The van der Waals surface area contributed by atoms with E-state index < -0.39 is 10.0 Å². The van der Waals surface area contributed by atoms with E-state index in [1.165, 1.54) is 0 Å². The SMILES string of the molecule is CCCNS(=O)(=O)c1ccccc1NCC(C)SC. The van der Waals surface area contributed by atoms with Crippen LogP contribution in [0.4, 0.5) is 5.69 Å². The second-order valence-corrected chi connectivity index (χ2v) is 7.33. The molecule has 4 nitrogen and oxygen atoms in total. The van der Waals surface area contributed by atoms with E-state index in [2.05, 4.69) is 17.0 Å². The minimum atomic E-state index is -3.43. The third-order valence-electron chi connectivity index (χ3n) is 2.70. The maximum absolute atomic E-state index is 12.2. The van der Waals surface area contributed by atoms with Crippen LogP contribution in [0.3, 0.4) is 0 Å². The Kier molecular flexibility index (Phi) is 6.68. The molecule has 0 aliphatic carbocycles. The molecule has 0 saturated heterocycles. The summed E-state index contributed by atoms with van der Waals surface area (Å²) in [5, 5.41) is 3.64. The lowest BCUT2D eigenvalue weighted by Crippen LogP contribution is -2.25. The van der Waals surface area contributed by atoms with E-state index in [0.717, 1.165) is 13.0 Å². The van der Waals surface area contributed by atoms with Gasteiger partial charge < -0.3 is 5.32 Å². The van der Waals surface area contributed by atoms with E-state index in [4.69, 9.17) is 0 Å². The van der Waals surface area contributed by atoms with Gasteiger partial charge in [0.2, 0.25) is 10.0 Å². The zero-order valence-corrected chi connectivity index (χ0v) is 13.3. The van der Waals surface area contributed by atoms with Crippen molar-refractivity contribution in [3.05, 3.63) is 24.3 Å². The first-order valence-electron chi connectivity index (χ1n) is 6.36. The maximum atomic E-state index is 12.2. The monoisotopic (exact) mass is 302 g/mol. The molecule has 0 aliphatic rings. The maximum Gasteiger partial charge on any atom is 0.242 e. The molecule has 0 aliphatic heterocycles. The first-order chi connectivity index (χ1) is 9.01. The van der Waals surface area contributed by atoms with Crippen LogP contribution in [-0.2, 0) is 10.0 Å². The minimum absolute atomic E-state index is 0.316. The van der Waals surface area contributed by atoms with E-state index in [0.29, 0.717) is 22.4 Å². The fourth-order valence-corrected chi connectivity index (χ4v) is 3.06. The van der Waals surface area contributed by atoms with E-state index in [1.807, 2.05) is 19.2 Å². The molecule has 1 atom stereocenters. The van der Waals surface area contributed by atoms with Crippen LogP contribution >= 0.6 is 11.8 Å². The molecule has 6 heteroatoms. The first-order valence-corrected chi connectivity index (χ1v) is 9.13. The lowest BCUT2D eigenvalue weighted by Gasteiger charge is -2.15. The van der Waals surface area contributed by atoms with Crippen LogP contribution in [0.5, 0.6) is 0 Å². The van der Waals surface area contributed by atoms with Crippen molar-refractivity contribution in [1.29, 1.82) is 0 Å². The number of hydrogen-bond donors (Lipinski definition) is 2. The predicted octanol–water partition coefficient (Wildman–Crippen LogP) is 2.54. The molecule has 0 bridgehead atoms. The van der Waals surface area contributed by atoms with Gasteiger partial charge in [0, 0.05) is 18.3 Å². The molecular formula is C13H22N2O2S2. The van der Waals surface area contributed by atoms with Gasteiger partial charge in [-0.2, -0.15) is 11.8 Å². The summed E-state index contributed by atoms with van der Waals surface area (Å²) in [6, 6.07) is 7.01. The Morgan fingerprint density at radius 3 is 2.63 bits per heavy atom. The third-order valence-corrected chi connectivity index (χ3v) is 5.19. The van der Waals surface area contributed by atoms with Crippen molar-refractivity contribution < 1.29 is 8.42 Å². The van der Waals surface area contributed by atoms with Crippen molar-refractivity contribution in [2.24, 2.45) is 0 Å². The molecule has 19 heavy (non-hydrogen) atoms. The van der Waals surface area contributed by atoms with Gasteiger partial charge in [0.05, 0.1) is 5.69 Å². The van der Waals surface area contributed by atoms with E-state index >= 15 is 0 Å². The fourth-order valence-electron chi connectivity index (χ4n) is 1.50.